The van der Waals surface area contributed by atoms with E-state index in [2.05, 4.69) is 24.8 Å². The lowest BCUT2D eigenvalue weighted by atomic mass is 10.4. The van der Waals surface area contributed by atoms with Crippen LogP contribution in [0.2, 0.25) is 0 Å². The molecule has 2 aliphatic heterocycles. The molecule has 2 fully saturated rings. The van der Waals surface area contributed by atoms with Crippen LogP contribution in [0.25, 0.3) is 0 Å². The topological polar surface area (TPSA) is 89.9 Å². The van der Waals surface area contributed by atoms with Crippen molar-refractivity contribution in [2.75, 3.05) is 69.5 Å². The molecule has 9 nitrogen and oxygen atoms in total. The van der Waals surface area contributed by atoms with Crippen molar-refractivity contribution in [1.29, 1.82) is 0 Å². The predicted octanol–water partition coefficient (Wildman–Crippen LogP) is 0.198. The first-order valence-corrected chi connectivity index (χ1v) is 9.21. The van der Waals surface area contributed by atoms with Crippen molar-refractivity contribution >= 4 is 29.6 Å². The molecule has 1 aromatic rings. The van der Waals surface area contributed by atoms with Crippen LogP contribution in [0.3, 0.4) is 0 Å². The number of rotatable bonds is 5. The second-order valence-corrected chi connectivity index (χ2v) is 7.01. The normalized spacial score (nSPS) is 19.6. The highest BCUT2D eigenvalue weighted by Crippen LogP contribution is 2.25. The number of ether oxygens (including phenoxy) is 3. The largest absolute Gasteiger partial charge is 0.468 e. The number of nitrogens with zero attached hydrogens (tertiary/aromatic N) is 5. The minimum Gasteiger partial charge on any atom is -0.468 e. The van der Waals surface area contributed by atoms with Crippen LogP contribution in [0.1, 0.15) is 6.92 Å². The molecule has 25 heavy (non-hydrogen) atoms. The maximum Gasteiger partial charge on any atom is 0.318 e. The van der Waals surface area contributed by atoms with E-state index in [9.17, 15) is 4.79 Å². The number of carbonyl (C=O) groups excluding carboxylic acids is 1. The summed E-state index contributed by atoms with van der Waals surface area (Å²) in [5.41, 5.74) is 0. The third kappa shape index (κ3) is 4.71. The molecule has 0 bridgehead atoms. The summed E-state index contributed by atoms with van der Waals surface area (Å²) < 4.78 is 15.6. The fourth-order valence-corrected chi connectivity index (χ4v) is 3.35. The Morgan fingerprint density at radius 3 is 1.92 bits per heavy atom. The molecule has 10 heteroatoms. The van der Waals surface area contributed by atoms with E-state index in [1.165, 1.54) is 18.9 Å². The Labute approximate surface area is 151 Å². The number of carbonyl (C=O) groups is 1. The summed E-state index contributed by atoms with van der Waals surface area (Å²) in [5.74, 6) is 0.949. The highest BCUT2D eigenvalue weighted by atomic mass is 32.2. The summed E-state index contributed by atoms with van der Waals surface area (Å²) >= 11 is 1.28. The Morgan fingerprint density at radius 1 is 1.00 bits per heavy atom. The van der Waals surface area contributed by atoms with E-state index >= 15 is 0 Å². The van der Waals surface area contributed by atoms with Crippen LogP contribution in [0.15, 0.2) is 5.16 Å². The maximum atomic E-state index is 11.7. The predicted molar refractivity (Wildman–Crippen MR) is 93.2 cm³/mol. The van der Waals surface area contributed by atoms with E-state index in [0.29, 0.717) is 43.5 Å². The summed E-state index contributed by atoms with van der Waals surface area (Å²) in [6.45, 7) is 7.35. The molecule has 0 amide bonds. The van der Waals surface area contributed by atoms with Crippen molar-refractivity contribution in [2.45, 2.75) is 17.3 Å². The number of morpholine rings is 2. The van der Waals surface area contributed by atoms with Crippen molar-refractivity contribution in [3.05, 3.63) is 0 Å². The Morgan fingerprint density at radius 2 is 1.48 bits per heavy atom. The SMILES string of the molecule is COC(=O)[C@H](C)Sc1nc(N2CCOCC2)nc(N2CCOCC2)n1. The summed E-state index contributed by atoms with van der Waals surface area (Å²) in [6.07, 6.45) is 0. The molecule has 0 aromatic carbocycles. The summed E-state index contributed by atoms with van der Waals surface area (Å²) in [5, 5.41) is 0.137. The zero-order valence-corrected chi connectivity index (χ0v) is 15.3. The molecule has 138 valence electrons. The third-order valence-electron chi connectivity index (χ3n) is 3.99. The van der Waals surface area contributed by atoms with E-state index in [0.717, 1.165) is 26.2 Å². The average molecular weight is 369 g/mol. The van der Waals surface area contributed by atoms with Crippen LogP contribution in [-0.4, -0.2) is 85.9 Å². The standard InChI is InChI=1S/C15H23N5O4S/c1-11(12(21)22-2)25-15-17-13(19-3-7-23-8-4-19)16-14(18-15)20-5-9-24-10-6-20/h11H,3-10H2,1-2H3/t11-/m0/s1. The molecule has 2 saturated heterocycles. The molecule has 2 aliphatic rings. The van der Waals surface area contributed by atoms with E-state index in [1.54, 1.807) is 6.92 Å². The quantitative estimate of drug-likeness (QED) is 0.529. The zero-order valence-electron chi connectivity index (χ0n) is 14.5. The van der Waals surface area contributed by atoms with Crippen LogP contribution in [0, 0.1) is 0 Å². The Bertz CT molecular complexity index is 557. The van der Waals surface area contributed by atoms with Gasteiger partial charge in [-0.05, 0) is 6.92 Å². The molecule has 3 rings (SSSR count). The summed E-state index contributed by atoms with van der Waals surface area (Å²) in [6, 6.07) is 0. The van der Waals surface area contributed by atoms with Gasteiger partial charge in [-0.25, -0.2) is 0 Å². The second kappa shape index (κ2) is 8.63. The molecule has 0 aliphatic carbocycles. The minimum atomic E-state index is -0.387. The van der Waals surface area contributed by atoms with E-state index < -0.39 is 0 Å². The molecule has 0 N–H and O–H groups in total. The van der Waals surface area contributed by atoms with Gasteiger partial charge in [-0.15, -0.1) is 0 Å². The number of hydrogen-bond acceptors (Lipinski definition) is 10. The number of esters is 1. The first kappa shape index (κ1) is 18.2. The van der Waals surface area contributed by atoms with Crippen LogP contribution in [-0.2, 0) is 19.0 Å². The molecule has 0 spiro atoms. The number of aromatic nitrogens is 3. The van der Waals surface area contributed by atoms with Gasteiger partial charge in [0.2, 0.25) is 11.9 Å². The van der Waals surface area contributed by atoms with Gasteiger partial charge in [0.05, 0.1) is 33.5 Å². The molecular formula is C15H23N5O4S. The Balaban J connectivity index is 1.85. The van der Waals surface area contributed by atoms with E-state index in [-0.39, 0.29) is 11.2 Å². The Kier molecular flexibility index (Phi) is 6.27. The lowest BCUT2D eigenvalue weighted by molar-refractivity contribution is -0.139. The molecular weight excluding hydrogens is 346 g/mol. The van der Waals surface area contributed by atoms with Crippen molar-refractivity contribution in [3.63, 3.8) is 0 Å². The number of methoxy groups -OCH3 is 1. The smallest absolute Gasteiger partial charge is 0.318 e. The molecule has 1 atom stereocenters. The summed E-state index contributed by atoms with van der Waals surface area (Å²) in [4.78, 5) is 29.6. The van der Waals surface area contributed by atoms with Gasteiger partial charge in [-0.1, -0.05) is 11.8 Å². The fraction of sp³-hybridized carbons (Fsp3) is 0.733. The number of anilines is 2. The molecule has 0 saturated carbocycles. The first-order chi connectivity index (χ1) is 12.2. The summed E-state index contributed by atoms with van der Waals surface area (Å²) in [7, 11) is 1.38. The van der Waals surface area contributed by atoms with Gasteiger partial charge < -0.3 is 24.0 Å². The van der Waals surface area contributed by atoms with Gasteiger partial charge in [-0.3, -0.25) is 4.79 Å². The van der Waals surface area contributed by atoms with Crippen LogP contribution in [0.5, 0.6) is 0 Å². The van der Waals surface area contributed by atoms with Crippen LogP contribution >= 0.6 is 11.8 Å². The maximum absolute atomic E-state index is 11.7. The molecule has 1 aromatic heterocycles. The van der Waals surface area contributed by atoms with Gasteiger partial charge in [0.15, 0.2) is 5.16 Å². The van der Waals surface area contributed by atoms with Crippen LogP contribution in [0.4, 0.5) is 11.9 Å². The third-order valence-corrected chi connectivity index (χ3v) is 4.93. The monoisotopic (exact) mass is 369 g/mol. The first-order valence-electron chi connectivity index (χ1n) is 8.33. The molecule has 0 radical (unpaired) electrons. The number of thioether (sulfide) groups is 1. The van der Waals surface area contributed by atoms with Crippen molar-refractivity contribution in [3.8, 4) is 0 Å². The lowest BCUT2D eigenvalue weighted by Crippen LogP contribution is -2.40. The molecule has 3 heterocycles. The second-order valence-electron chi connectivity index (χ2n) is 5.70. The van der Waals surface area contributed by atoms with Gasteiger partial charge in [0, 0.05) is 26.2 Å². The van der Waals surface area contributed by atoms with Gasteiger partial charge in [0.1, 0.15) is 5.25 Å². The fourth-order valence-electron chi connectivity index (χ4n) is 2.57. The van der Waals surface area contributed by atoms with Gasteiger partial charge in [0.25, 0.3) is 0 Å². The van der Waals surface area contributed by atoms with Crippen molar-refractivity contribution in [2.24, 2.45) is 0 Å². The minimum absolute atomic E-state index is 0.300. The average Bonchev–Trinajstić information content (AvgIpc) is 2.68. The highest BCUT2D eigenvalue weighted by Gasteiger charge is 2.23. The lowest BCUT2D eigenvalue weighted by Gasteiger charge is -2.30. The Hall–Kier alpha value is -1.65. The highest BCUT2D eigenvalue weighted by molar-refractivity contribution is 8.00. The van der Waals surface area contributed by atoms with Crippen molar-refractivity contribution < 1.29 is 19.0 Å². The van der Waals surface area contributed by atoms with E-state index in [4.69, 9.17) is 14.2 Å². The van der Waals surface area contributed by atoms with E-state index in [1.807, 2.05) is 0 Å². The van der Waals surface area contributed by atoms with Gasteiger partial charge in [-0.2, -0.15) is 15.0 Å². The van der Waals surface area contributed by atoms with Crippen LogP contribution < -0.4 is 9.80 Å². The zero-order chi connectivity index (χ0) is 17.6. The van der Waals surface area contributed by atoms with Gasteiger partial charge >= 0.3 is 5.97 Å². The molecule has 0 unspecified atom stereocenters. The van der Waals surface area contributed by atoms with Crippen molar-refractivity contribution in [1.82, 2.24) is 15.0 Å². The number of hydrogen-bond donors (Lipinski definition) is 0.